The molecule has 2 amide bonds. The summed E-state index contributed by atoms with van der Waals surface area (Å²) < 4.78 is 0. The maximum absolute atomic E-state index is 12.4. The summed E-state index contributed by atoms with van der Waals surface area (Å²) in [5.41, 5.74) is 4.42. The summed E-state index contributed by atoms with van der Waals surface area (Å²) in [5, 5.41) is 5.90. The van der Waals surface area contributed by atoms with Crippen LogP contribution in [0.5, 0.6) is 0 Å². The number of hydrogen-bond acceptors (Lipinski definition) is 3. The molecular formula is C26H25N3O2. The predicted molar refractivity (Wildman–Crippen MR) is 125 cm³/mol. The third-order valence-electron chi connectivity index (χ3n) is 4.57. The molecule has 3 rings (SSSR count). The van der Waals surface area contributed by atoms with Crippen LogP contribution in [0.1, 0.15) is 16.7 Å². The topological polar surface area (TPSA) is 61.4 Å². The Labute approximate surface area is 183 Å². The van der Waals surface area contributed by atoms with E-state index in [4.69, 9.17) is 0 Å². The molecule has 0 aromatic heterocycles. The van der Waals surface area contributed by atoms with Gasteiger partial charge in [-0.2, -0.15) is 0 Å². The van der Waals surface area contributed by atoms with Crippen molar-refractivity contribution < 1.29 is 9.59 Å². The highest BCUT2D eigenvalue weighted by Gasteiger charge is 2.13. The molecule has 3 aromatic carbocycles. The Balaban J connectivity index is 1.50. The first kappa shape index (κ1) is 21.7. The Morgan fingerprint density at radius 2 is 1.52 bits per heavy atom. The third kappa shape index (κ3) is 7.06. The molecule has 0 atom stereocenters. The zero-order valence-electron chi connectivity index (χ0n) is 17.7. The average Bonchev–Trinajstić information content (AvgIpc) is 2.78. The number of anilines is 2. The van der Waals surface area contributed by atoms with Gasteiger partial charge >= 0.3 is 0 Å². The van der Waals surface area contributed by atoms with Crippen LogP contribution in [-0.2, 0) is 9.59 Å². The van der Waals surface area contributed by atoms with Crippen molar-refractivity contribution in [3.63, 3.8) is 0 Å². The zero-order valence-corrected chi connectivity index (χ0v) is 17.7. The first-order chi connectivity index (χ1) is 15.0. The molecule has 0 fully saturated rings. The monoisotopic (exact) mass is 411 g/mol. The summed E-state index contributed by atoms with van der Waals surface area (Å²) >= 11 is 0. The summed E-state index contributed by atoms with van der Waals surface area (Å²) in [7, 11) is 1.61. The molecule has 5 heteroatoms. The summed E-state index contributed by atoms with van der Waals surface area (Å²) in [4.78, 5) is 26.0. The minimum absolute atomic E-state index is 0.0169. The smallest absolute Gasteiger partial charge is 0.243 e. The van der Waals surface area contributed by atoms with Crippen LogP contribution in [-0.4, -0.2) is 36.9 Å². The number of carbonyl (C=O) groups is 2. The molecule has 3 aromatic rings. The van der Waals surface area contributed by atoms with Crippen LogP contribution in [0.2, 0.25) is 0 Å². The predicted octanol–water partition coefficient (Wildman–Crippen LogP) is 3.90. The molecule has 0 saturated heterocycles. The van der Waals surface area contributed by atoms with E-state index in [1.165, 1.54) is 4.90 Å². The maximum Gasteiger partial charge on any atom is 0.243 e. The molecule has 0 radical (unpaired) electrons. The van der Waals surface area contributed by atoms with Gasteiger partial charge in [-0.1, -0.05) is 53.8 Å². The van der Waals surface area contributed by atoms with Crippen LogP contribution in [0.3, 0.4) is 0 Å². The van der Waals surface area contributed by atoms with Crippen molar-refractivity contribution >= 4 is 23.2 Å². The van der Waals surface area contributed by atoms with E-state index in [1.807, 2.05) is 85.8 Å². The molecule has 31 heavy (non-hydrogen) atoms. The Morgan fingerprint density at radius 1 is 0.839 bits per heavy atom. The first-order valence-electron chi connectivity index (χ1n) is 10.0. The van der Waals surface area contributed by atoms with Crippen molar-refractivity contribution in [2.45, 2.75) is 6.92 Å². The van der Waals surface area contributed by atoms with Gasteiger partial charge in [0.15, 0.2) is 0 Å². The number of likely N-dealkylation sites (N-methyl/N-ethyl adjacent to an activating group) is 1. The normalized spacial score (nSPS) is 9.87. The van der Waals surface area contributed by atoms with Gasteiger partial charge < -0.3 is 15.5 Å². The Morgan fingerprint density at radius 3 is 2.26 bits per heavy atom. The number of rotatable bonds is 6. The van der Waals surface area contributed by atoms with Crippen LogP contribution in [0, 0.1) is 18.8 Å². The van der Waals surface area contributed by atoms with Gasteiger partial charge in [0.25, 0.3) is 0 Å². The fraction of sp³-hybridized carbons (Fsp3) is 0.154. The molecule has 5 nitrogen and oxygen atoms in total. The van der Waals surface area contributed by atoms with Crippen LogP contribution in [0.25, 0.3) is 0 Å². The zero-order chi connectivity index (χ0) is 22.1. The van der Waals surface area contributed by atoms with Crippen molar-refractivity contribution in [1.82, 2.24) is 4.90 Å². The second-order valence-corrected chi connectivity index (χ2v) is 7.21. The minimum Gasteiger partial charge on any atom is -0.376 e. The summed E-state index contributed by atoms with van der Waals surface area (Å²) in [6, 6.07) is 24.9. The van der Waals surface area contributed by atoms with Gasteiger partial charge in [0.1, 0.15) is 0 Å². The molecule has 0 spiro atoms. The van der Waals surface area contributed by atoms with E-state index in [1.54, 1.807) is 7.05 Å². The lowest BCUT2D eigenvalue weighted by Gasteiger charge is -2.17. The highest BCUT2D eigenvalue weighted by atomic mass is 16.2. The number of nitrogens with zero attached hydrogens (tertiary/aromatic N) is 1. The van der Waals surface area contributed by atoms with Crippen LogP contribution in [0.4, 0.5) is 11.4 Å². The molecule has 0 aliphatic rings. The molecule has 2 N–H and O–H groups in total. The van der Waals surface area contributed by atoms with Gasteiger partial charge in [0, 0.05) is 29.5 Å². The molecule has 0 saturated carbocycles. The number of hydrogen-bond donors (Lipinski definition) is 2. The Kier molecular flexibility index (Phi) is 7.45. The van der Waals surface area contributed by atoms with Crippen LogP contribution in [0.15, 0.2) is 78.9 Å². The van der Waals surface area contributed by atoms with Crippen molar-refractivity contribution in [3.05, 3.63) is 95.6 Å². The molecule has 0 aliphatic heterocycles. The van der Waals surface area contributed by atoms with Gasteiger partial charge in [-0.15, -0.1) is 0 Å². The van der Waals surface area contributed by atoms with E-state index in [2.05, 4.69) is 22.5 Å². The molecule has 0 unspecified atom stereocenters. The Bertz CT molecular complexity index is 1100. The van der Waals surface area contributed by atoms with E-state index in [0.29, 0.717) is 5.69 Å². The van der Waals surface area contributed by atoms with Gasteiger partial charge in [-0.05, 0) is 49.4 Å². The molecular weight excluding hydrogens is 386 g/mol. The Hall–Kier alpha value is -4.04. The number of amides is 2. The highest BCUT2D eigenvalue weighted by molar-refractivity contribution is 5.95. The van der Waals surface area contributed by atoms with E-state index in [9.17, 15) is 9.59 Å². The largest absolute Gasteiger partial charge is 0.376 e. The molecule has 0 bridgehead atoms. The second-order valence-electron chi connectivity index (χ2n) is 7.21. The average molecular weight is 412 g/mol. The van der Waals surface area contributed by atoms with Crippen LogP contribution < -0.4 is 10.6 Å². The summed E-state index contributed by atoms with van der Waals surface area (Å²) in [6.07, 6.45) is 0. The van der Waals surface area contributed by atoms with Crippen molar-refractivity contribution in [2.75, 3.05) is 30.8 Å². The van der Waals surface area contributed by atoms with E-state index in [0.717, 1.165) is 22.4 Å². The van der Waals surface area contributed by atoms with Gasteiger partial charge in [0.05, 0.1) is 13.1 Å². The second kappa shape index (κ2) is 10.7. The van der Waals surface area contributed by atoms with Crippen LogP contribution >= 0.6 is 0 Å². The van der Waals surface area contributed by atoms with Crippen molar-refractivity contribution in [3.8, 4) is 11.8 Å². The molecule has 0 heterocycles. The number of benzene rings is 3. The lowest BCUT2D eigenvalue weighted by Crippen LogP contribution is -2.38. The van der Waals surface area contributed by atoms with Crippen molar-refractivity contribution in [1.29, 1.82) is 0 Å². The highest BCUT2D eigenvalue weighted by Crippen LogP contribution is 2.11. The van der Waals surface area contributed by atoms with E-state index in [-0.39, 0.29) is 24.9 Å². The first-order valence-corrected chi connectivity index (χ1v) is 10.0. The number of carbonyl (C=O) groups excluding carboxylic acids is 2. The standard InChI is InChI=1S/C26H25N3O2/c1-20-11-15-23(16-12-20)28-25(30)19-29(2)26(31)18-27-24-10-6-9-22(17-24)14-13-21-7-4-3-5-8-21/h3-12,15-17,27H,18-19H2,1-2H3,(H,28,30). The van der Waals surface area contributed by atoms with E-state index < -0.39 is 0 Å². The number of aryl methyl sites for hydroxylation is 1. The third-order valence-corrected chi connectivity index (χ3v) is 4.57. The lowest BCUT2D eigenvalue weighted by atomic mass is 10.1. The fourth-order valence-corrected chi connectivity index (χ4v) is 2.83. The van der Waals surface area contributed by atoms with Gasteiger partial charge in [-0.3, -0.25) is 9.59 Å². The quantitative estimate of drug-likeness (QED) is 0.605. The van der Waals surface area contributed by atoms with Gasteiger partial charge in [-0.25, -0.2) is 0 Å². The van der Waals surface area contributed by atoms with E-state index >= 15 is 0 Å². The summed E-state index contributed by atoms with van der Waals surface area (Å²) in [5.74, 6) is 5.83. The SMILES string of the molecule is Cc1ccc(NC(=O)CN(C)C(=O)CNc2cccc(C#Cc3ccccc3)c2)cc1. The minimum atomic E-state index is -0.238. The maximum atomic E-state index is 12.4. The summed E-state index contributed by atoms with van der Waals surface area (Å²) in [6.45, 7) is 2.05. The fourth-order valence-electron chi connectivity index (χ4n) is 2.83. The van der Waals surface area contributed by atoms with Crippen molar-refractivity contribution in [2.24, 2.45) is 0 Å². The molecule has 0 aliphatic carbocycles. The number of nitrogens with one attached hydrogen (secondary N) is 2. The molecule has 156 valence electrons. The lowest BCUT2D eigenvalue weighted by molar-refractivity contribution is -0.131. The van der Waals surface area contributed by atoms with Gasteiger partial charge in [0.2, 0.25) is 11.8 Å².